The van der Waals surface area contributed by atoms with Gasteiger partial charge in [-0.1, -0.05) is 25.4 Å². The summed E-state index contributed by atoms with van der Waals surface area (Å²) < 4.78 is 69.8. The van der Waals surface area contributed by atoms with E-state index in [-0.39, 0.29) is 21.4 Å². The number of nitrogens with zero attached hydrogens (tertiary/aromatic N) is 1. The summed E-state index contributed by atoms with van der Waals surface area (Å²) in [5.74, 6) is -0.505. The Morgan fingerprint density at radius 3 is 2.23 bits per heavy atom. The van der Waals surface area contributed by atoms with E-state index in [1.165, 1.54) is 28.6 Å². The first kappa shape index (κ1) is 24.0. The highest BCUT2D eigenvalue weighted by Crippen LogP contribution is 2.33. The molecule has 0 heterocycles. The first-order valence-corrected chi connectivity index (χ1v) is 10.7. The zero-order valence-corrected chi connectivity index (χ0v) is 17.7. The van der Waals surface area contributed by atoms with Crippen LogP contribution < -0.4 is 10.1 Å². The number of carbonyl (C=O) groups is 1. The molecule has 0 spiro atoms. The van der Waals surface area contributed by atoms with Gasteiger partial charge in [0.2, 0.25) is 10.0 Å². The minimum Gasteiger partial charge on any atom is -0.484 e. The maximum Gasteiger partial charge on any atom is 0.416 e. The van der Waals surface area contributed by atoms with Crippen molar-refractivity contribution in [1.82, 2.24) is 4.31 Å². The Bertz CT molecular complexity index is 992. The molecule has 0 aliphatic heterocycles. The molecule has 0 fully saturated rings. The second-order valence-corrected chi connectivity index (χ2v) is 8.44. The largest absolute Gasteiger partial charge is 0.484 e. The number of nitrogens with one attached hydrogen (secondary N) is 1. The molecule has 0 aliphatic rings. The van der Waals surface area contributed by atoms with E-state index in [2.05, 4.69) is 5.32 Å². The van der Waals surface area contributed by atoms with Gasteiger partial charge in [0.1, 0.15) is 5.75 Å². The Morgan fingerprint density at radius 2 is 1.70 bits per heavy atom. The molecule has 0 unspecified atom stereocenters. The first-order chi connectivity index (χ1) is 14.0. The molecule has 1 amide bonds. The van der Waals surface area contributed by atoms with Crippen LogP contribution in [-0.2, 0) is 21.0 Å². The van der Waals surface area contributed by atoms with E-state index in [1.807, 2.05) is 0 Å². The second kappa shape index (κ2) is 9.67. The van der Waals surface area contributed by atoms with E-state index in [4.69, 9.17) is 16.3 Å². The first-order valence-electron chi connectivity index (χ1n) is 8.88. The van der Waals surface area contributed by atoms with Crippen LogP contribution in [0.2, 0.25) is 5.02 Å². The molecule has 2 rings (SSSR count). The van der Waals surface area contributed by atoms with Gasteiger partial charge in [0.25, 0.3) is 5.91 Å². The predicted octanol–water partition coefficient (Wildman–Crippen LogP) is 4.41. The smallest absolute Gasteiger partial charge is 0.416 e. The minimum atomic E-state index is -4.58. The van der Waals surface area contributed by atoms with Gasteiger partial charge >= 0.3 is 6.18 Å². The summed E-state index contributed by atoms with van der Waals surface area (Å²) in [5, 5.41) is 2.21. The third-order valence-corrected chi connectivity index (χ3v) is 6.50. The fourth-order valence-electron chi connectivity index (χ4n) is 2.55. The van der Waals surface area contributed by atoms with Gasteiger partial charge in [-0.2, -0.15) is 17.5 Å². The molecule has 0 aromatic heterocycles. The van der Waals surface area contributed by atoms with Crippen molar-refractivity contribution in [1.29, 1.82) is 0 Å². The van der Waals surface area contributed by atoms with Gasteiger partial charge in [-0.3, -0.25) is 4.79 Å². The number of rotatable bonds is 8. The minimum absolute atomic E-state index is 0.0534. The highest BCUT2D eigenvalue weighted by molar-refractivity contribution is 7.89. The third-order valence-electron chi connectivity index (χ3n) is 4.10. The molecule has 0 bridgehead atoms. The predicted molar refractivity (Wildman–Crippen MR) is 107 cm³/mol. The van der Waals surface area contributed by atoms with Crippen LogP contribution in [-0.4, -0.2) is 38.3 Å². The van der Waals surface area contributed by atoms with Crippen molar-refractivity contribution >= 4 is 33.2 Å². The van der Waals surface area contributed by atoms with Gasteiger partial charge in [-0.05, 0) is 42.5 Å². The van der Waals surface area contributed by atoms with Crippen LogP contribution in [0.4, 0.5) is 18.9 Å². The Labute approximate surface area is 177 Å². The number of sulfonamides is 1. The zero-order chi connectivity index (χ0) is 22.5. The maximum absolute atomic E-state index is 12.8. The van der Waals surface area contributed by atoms with Gasteiger partial charge < -0.3 is 10.1 Å². The van der Waals surface area contributed by atoms with E-state index in [0.29, 0.717) is 13.1 Å². The summed E-state index contributed by atoms with van der Waals surface area (Å²) in [7, 11) is -3.62. The summed E-state index contributed by atoms with van der Waals surface area (Å²) in [6, 6.07) is 8.06. The number of alkyl halides is 3. The lowest BCUT2D eigenvalue weighted by molar-refractivity contribution is -0.137. The molecule has 6 nitrogen and oxygen atoms in total. The molecular formula is C19H20ClF3N2O4S. The molecule has 0 aliphatic carbocycles. The van der Waals surface area contributed by atoms with Gasteiger partial charge in [0.05, 0.1) is 21.2 Å². The van der Waals surface area contributed by atoms with Crippen LogP contribution in [0, 0.1) is 0 Å². The van der Waals surface area contributed by atoms with Gasteiger partial charge in [0.15, 0.2) is 6.61 Å². The molecule has 30 heavy (non-hydrogen) atoms. The summed E-state index contributed by atoms with van der Waals surface area (Å²) in [6.07, 6.45) is -4.58. The van der Waals surface area contributed by atoms with Crippen LogP contribution in [0.5, 0.6) is 5.75 Å². The molecular weight excluding hydrogens is 445 g/mol. The van der Waals surface area contributed by atoms with E-state index in [0.717, 1.165) is 18.2 Å². The highest BCUT2D eigenvalue weighted by Gasteiger charge is 2.31. The van der Waals surface area contributed by atoms with Gasteiger partial charge in [-0.15, -0.1) is 0 Å². The Balaban J connectivity index is 2.02. The number of anilines is 1. The van der Waals surface area contributed by atoms with Crippen molar-refractivity contribution in [2.75, 3.05) is 25.0 Å². The van der Waals surface area contributed by atoms with Crippen LogP contribution in [0.3, 0.4) is 0 Å². The molecule has 0 radical (unpaired) electrons. The number of benzene rings is 2. The van der Waals surface area contributed by atoms with Crippen molar-refractivity contribution in [3.8, 4) is 5.75 Å². The van der Waals surface area contributed by atoms with Crippen molar-refractivity contribution in [3.63, 3.8) is 0 Å². The average Bonchev–Trinajstić information content (AvgIpc) is 2.68. The number of ether oxygens (including phenoxy) is 1. The number of halogens is 4. The van der Waals surface area contributed by atoms with E-state index in [1.54, 1.807) is 13.8 Å². The average molecular weight is 465 g/mol. The lowest BCUT2D eigenvalue weighted by Crippen LogP contribution is -2.30. The van der Waals surface area contributed by atoms with Crippen LogP contribution in [0.15, 0.2) is 47.4 Å². The van der Waals surface area contributed by atoms with Gasteiger partial charge in [-0.25, -0.2) is 8.42 Å². The van der Waals surface area contributed by atoms with Crippen molar-refractivity contribution in [2.45, 2.75) is 24.9 Å². The van der Waals surface area contributed by atoms with Crippen LogP contribution >= 0.6 is 11.6 Å². The maximum atomic E-state index is 12.8. The van der Waals surface area contributed by atoms with Crippen molar-refractivity contribution in [2.24, 2.45) is 0 Å². The number of amides is 1. The number of hydrogen-bond donors (Lipinski definition) is 1. The fourth-order valence-corrected chi connectivity index (χ4v) is 4.18. The quantitative estimate of drug-likeness (QED) is 0.628. The monoisotopic (exact) mass is 464 g/mol. The number of hydrogen-bond acceptors (Lipinski definition) is 4. The molecule has 0 saturated carbocycles. The molecule has 0 saturated heterocycles. The van der Waals surface area contributed by atoms with Crippen LogP contribution in [0.25, 0.3) is 0 Å². The van der Waals surface area contributed by atoms with E-state index in [9.17, 15) is 26.4 Å². The SMILES string of the molecule is CCN(CC)S(=O)(=O)c1ccc(OCC(=O)Nc2cc(C(F)(F)F)ccc2Cl)cc1. The Morgan fingerprint density at radius 1 is 1.10 bits per heavy atom. The topological polar surface area (TPSA) is 75.7 Å². The van der Waals surface area contributed by atoms with Crippen LogP contribution in [0.1, 0.15) is 19.4 Å². The fraction of sp³-hybridized carbons (Fsp3) is 0.316. The molecule has 1 N–H and O–H groups in total. The standard InChI is InChI=1S/C19H20ClF3N2O4S/c1-3-25(4-2)30(27,28)15-8-6-14(7-9-15)29-12-18(26)24-17-11-13(19(21,22)23)5-10-16(17)20/h5-11H,3-4,12H2,1-2H3,(H,24,26). The number of carbonyl (C=O) groups excluding carboxylic acids is 1. The highest BCUT2D eigenvalue weighted by atomic mass is 35.5. The second-order valence-electron chi connectivity index (χ2n) is 6.09. The summed E-state index contributed by atoms with van der Waals surface area (Å²) in [5.41, 5.74) is -1.14. The lowest BCUT2D eigenvalue weighted by Gasteiger charge is -2.18. The lowest BCUT2D eigenvalue weighted by atomic mass is 10.2. The van der Waals surface area contributed by atoms with E-state index >= 15 is 0 Å². The molecule has 2 aromatic carbocycles. The Kier molecular flexibility index (Phi) is 7.73. The van der Waals surface area contributed by atoms with E-state index < -0.39 is 34.3 Å². The molecule has 164 valence electrons. The molecule has 2 aromatic rings. The van der Waals surface area contributed by atoms with Gasteiger partial charge in [0, 0.05) is 13.1 Å². The third kappa shape index (κ3) is 5.87. The Hall–Kier alpha value is -2.30. The molecule has 11 heteroatoms. The summed E-state index contributed by atoms with van der Waals surface area (Å²) in [6.45, 7) is 3.61. The zero-order valence-electron chi connectivity index (χ0n) is 16.2. The normalized spacial score (nSPS) is 12.1. The molecule has 0 atom stereocenters. The summed E-state index contributed by atoms with van der Waals surface area (Å²) in [4.78, 5) is 12.1. The van der Waals surface area contributed by atoms with Crippen molar-refractivity contribution < 1.29 is 31.1 Å². The summed E-state index contributed by atoms with van der Waals surface area (Å²) >= 11 is 5.83. The van der Waals surface area contributed by atoms with Crippen molar-refractivity contribution in [3.05, 3.63) is 53.1 Å².